The maximum atomic E-state index is 8.64. The van der Waals surface area contributed by atoms with Crippen molar-refractivity contribution in [2.24, 2.45) is 0 Å². The Morgan fingerprint density at radius 2 is 1.68 bits per heavy atom. The first-order chi connectivity index (χ1) is 10.8. The van der Waals surface area contributed by atoms with Crippen LogP contribution < -0.4 is 10.1 Å². The van der Waals surface area contributed by atoms with Crippen molar-refractivity contribution in [3.63, 3.8) is 0 Å². The van der Waals surface area contributed by atoms with E-state index in [1.54, 1.807) is 12.1 Å². The summed E-state index contributed by atoms with van der Waals surface area (Å²) in [6.45, 7) is 2.96. The van der Waals surface area contributed by atoms with Crippen LogP contribution in [-0.4, -0.2) is 6.61 Å². The van der Waals surface area contributed by atoms with E-state index in [1.165, 1.54) is 38.3 Å². The maximum Gasteiger partial charge on any atom is 0.145 e. The summed E-state index contributed by atoms with van der Waals surface area (Å²) in [6.07, 6.45) is 8.89. The second-order valence-electron chi connectivity index (χ2n) is 5.07. The van der Waals surface area contributed by atoms with Crippen LogP contribution in [0.4, 0.5) is 5.69 Å². The van der Waals surface area contributed by atoms with Gasteiger partial charge in [-0.25, -0.2) is 0 Å². The molecule has 116 valence electrons. The van der Waals surface area contributed by atoms with E-state index in [2.05, 4.69) is 12.2 Å². The summed E-state index contributed by atoms with van der Waals surface area (Å²) in [7, 11) is 0. The lowest BCUT2D eigenvalue weighted by molar-refractivity contribution is 0.304. The number of rotatable bonds is 10. The Balaban J connectivity index is 2.26. The summed E-state index contributed by atoms with van der Waals surface area (Å²) in [6, 6.07) is 11.1. The largest absolute Gasteiger partial charge is 0.494 e. The summed E-state index contributed by atoms with van der Waals surface area (Å²) in [5, 5.41) is 20.2. The number of unbranched alkanes of at least 4 members (excludes halogenated alkanes) is 5. The first-order valence-corrected chi connectivity index (χ1v) is 7.80. The zero-order chi connectivity index (χ0) is 16.0. The Hall–Kier alpha value is -2.46. The van der Waals surface area contributed by atoms with Gasteiger partial charge in [-0.05, 0) is 30.7 Å². The molecule has 1 aromatic rings. The van der Waals surface area contributed by atoms with Gasteiger partial charge in [0.15, 0.2) is 0 Å². The molecule has 0 aliphatic carbocycles. The number of allylic oxidation sites excluding steroid dienone is 1. The highest BCUT2D eigenvalue weighted by Gasteiger charge is 1.96. The zero-order valence-electron chi connectivity index (χ0n) is 13.1. The molecular formula is C18H23N3O. The fraction of sp³-hybridized carbons (Fsp3) is 0.444. The van der Waals surface area contributed by atoms with Gasteiger partial charge in [-0.3, -0.25) is 0 Å². The minimum absolute atomic E-state index is 0.0448. The summed E-state index contributed by atoms with van der Waals surface area (Å²) >= 11 is 0. The predicted molar refractivity (Wildman–Crippen MR) is 88.2 cm³/mol. The lowest BCUT2D eigenvalue weighted by Crippen LogP contribution is -1.97. The Morgan fingerprint density at radius 3 is 2.32 bits per heavy atom. The first-order valence-electron chi connectivity index (χ1n) is 7.80. The molecule has 0 aliphatic rings. The van der Waals surface area contributed by atoms with E-state index in [1.807, 2.05) is 24.3 Å². The highest BCUT2D eigenvalue weighted by Crippen LogP contribution is 2.16. The second kappa shape index (κ2) is 11.2. The van der Waals surface area contributed by atoms with Crippen LogP contribution >= 0.6 is 0 Å². The van der Waals surface area contributed by atoms with Gasteiger partial charge in [0.25, 0.3) is 0 Å². The monoisotopic (exact) mass is 297 g/mol. The molecule has 4 nitrogen and oxygen atoms in total. The molecule has 0 aromatic heterocycles. The fourth-order valence-electron chi connectivity index (χ4n) is 1.96. The molecule has 0 spiro atoms. The smallest absolute Gasteiger partial charge is 0.145 e. The van der Waals surface area contributed by atoms with Crippen LogP contribution in [-0.2, 0) is 0 Å². The molecule has 1 rings (SSSR count). The Morgan fingerprint density at radius 1 is 1.05 bits per heavy atom. The lowest BCUT2D eigenvalue weighted by atomic mass is 10.1. The minimum Gasteiger partial charge on any atom is -0.494 e. The number of nitrogens with one attached hydrogen (secondary N) is 1. The Kier molecular flexibility index (Phi) is 8.98. The van der Waals surface area contributed by atoms with Gasteiger partial charge >= 0.3 is 0 Å². The SMILES string of the molecule is CCCCCCCCOc1ccc(NC=C(C#N)C#N)cc1. The summed E-state index contributed by atoms with van der Waals surface area (Å²) in [4.78, 5) is 0. The van der Waals surface area contributed by atoms with Gasteiger partial charge in [0.1, 0.15) is 23.5 Å². The lowest BCUT2D eigenvalue weighted by Gasteiger charge is -2.07. The second-order valence-corrected chi connectivity index (χ2v) is 5.07. The van der Waals surface area contributed by atoms with Crippen molar-refractivity contribution in [1.29, 1.82) is 10.5 Å². The van der Waals surface area contributed by atoms with Crippen LogP contribution in [0.15, 0.2) is 36.0 Å². The Labute approximate surface area is 133 Å². The van der Waals surface area contributed by atoms with Crippen molar-refractivity contribution in [1.82, 2.24) is 0 Å². The summed E-state index contributed by atoms with van der Waals surface area (Å²) in [5.74, 6) is 0.837. The third-order valence-electron chi connectivity index (χ3n) is 3.25. The van der Waals surface area contributed by atoms with E-state index in [4.69, 9.17) is 15.3 Å². The predicted octanol–water partition coefficient (Wildman–Crippen LogP) is 4.77. The number of hydrogen-bond donors (Lipinski definition) is 1. The molecule has 0 unspecified atom stereocenters. The van der Waals surface area contributed by atoms with Gasteiger partial charge in [-0.2, -0.15) is 10.5 Å². The molecular weight excluding hydrogens is 274 g/mol. The van der Waals surface area contributed by atoms with Gasteiger partial charge in [-0.15, -0.1) is 0 Å². The normalized spacial score (nSPS) is 9.41. The molecule has 0 amide bonds. The van der Waals surface area contributed by atoms with Crippen molar-refractivity contribution in [2.75, 3.05) is 11.9 Å². The van der Waals surface area contributed by atoms with Crippen molar-refractivity contribution in [3.8, 4) is 17.9 Å². The van der Waals surface area contributed by atoms with E-state index in [0.29, 0.717) is 0 Å². The van der Waals surface area contributed by atoms with Gasteiger partial charge in [0.05, 0.1) is 6.61 Å². The van der Waals surface area contributed by atoms with Crippen molar-refractivity contribution in [2.45, 2.75) is 45.4 Å². The molecule has 0 bridgehead atoms. The molecule has 22 heavy (non-hydrogen) atoms. The van der Waals surface area contributed by atoms with Crippen molar-refractivity contribution < 1.29 is 4.74 Å². The molecule has 0 saturated heterocycles. The molecule has 0 atom stereocenters. The fourth-order valence-corrected chi connectivity index (χ4v) is 1.96. The van der Waals surface area contributed by atoms with E-state index < -0.39 is 0 Å². The van der Waals surface area contributed by atoms with Crippen LogP contribution in [0.1, 0.15) is 45.4 Å². The van der Waals surface area contributed by atoms with Crippen LogP contribution in [0.3, 0.4) is 0 Å². The number of anilines is 1. The van der Waals surface area contributed by atoms with Crippen LogP contribution in [0, 0.1) is 22.7 Å². The first kappa shape index (κ1) is 17.6. The molecule has 0 aliphatic heterocycles. The van der Waals surface area contributed by atoms with Crippen LogP contribution in [0.25, 0.3) is 0 Å². The van der Waals surface area contributed by atoms with E-state index >= 15 is 0 Å². The molecule has 1 aromatic carbocycles. The van der Waals surface area contributed by atoms with E-state index in [9.17, 15) is 0 Å². The van der Waals surface area contributed by atoms with E-state index in [0.717, 1.165) is 24.5 Å². The molecule has 0 heterocycles. The molecule has 0 radical (unpaired) electrons. The van der Waals surface area contributed by atoms with Crippen molar-refractivity contribution >= 4 is 5.69 Å². The molecule has 0 fully saturated rings. The minimum atomic E-state index is 0.0448. The molecule has 1 N–H and O–H groups in total. The average molecular weight is 297 g/mol. The third kappa shape index (κ3) is 7.36. The van der Waals surface area contributed by atoms with E-state index in [-0.39, 0.29) is 5.57 Å². The number of ether oxygens (including phenoxy) is 1. The quantitative estimate of drug-likeness (QED) is 0.499. The summed E-state index contributed by atoms with van der Waals surface area (Å²) < 4.78 is 5.69. The Bertz CT molecular complexity index is 519. The van der Waals surface area contributed by atoms with Gasteiger partial charge in [0, 0.05) is 11.9 Å². The van der Waals surface area contributed by atoms with Crippen LogP contribution in [0.5, 0.6) is 5.75 Å². The topological polar surface area (TPSA) is 68.8 Å². The third-order valence-corrected chi connectivity index (χ3v) is 3.25. The number of nitriles is 2. The average Bonchev–Trinajstić information content (AvgIpc) is 2.56. The number of benzene rings is 1. The van der Waals surface area contributed by atoms with Gasteiger partial charge in [0.2, 0.25) is 0 Å². The van der Waals surface area contributed by atoms with Gasteiger partial charge in [-0.1, -0.05) is 39.0 Å². The molecule has 0 saturated carbocycles. The zero-order valence-corrected chi connectivity index (χ0v) is 13.1. The molecule has 4 heteroatoms. The number of nitrogens with zero attached hydrogens (tertiary/aromatic N) is 2. The highest BCUT2D eigenvalue weighted by molar-refractivity contribution is 5.51. The van der Waals surface area contributed by atoms with Gasteiger partial charge < -0.3 is 10.1 Å². The summed E-state index contributed by atoms with van der Waals surface area (Å²) in [5.41, 5.74) is 0.860. The van der Waals surface area contributed by atoms with Crippen LogP contribution in [0.2, 0.25) is 0 Å². The highest BCUT2D eigenvalue weighted by atomic mass is 16.5. The number of hydrogen-bond acceptors (Lipinski definition) is 4. The van der Waals surface area contributed by atoms with Crippen molar-refractivity contribution in [3.05, 3.63) is 36.0 Å². The maximum absolute atomic E-state index is 8.64. The standard InChI is InChI=1S/C18H23N3O/c1-2-3-4-5-6-7-12-22-18-10-8-17(9-11-18)21-15-16(13-19)14-20/h8-11,15,21H,2-7,12H2,1H3.